The highest BCUT2D eigenvalue weighted by Gasteiger charge is 1.98. The Hall–Kier alpha value is -1.31. The van der Waals surface area contributed by atoms with Crippen molar-refractivity contribution in [1.82, 2.24) is 4.98 Å². The number of aromatic nitrogens is 1. The lowest BCUT2D eigenvalue weighted by molar-refractivity contribution is 0.601. The van der Waals surface area contributed by atoms with Crippen molar-refractivity contribution in [2.45, 2.75) is 0 Å². The fourth-order valence-corrected chi connectivity index (χ4v) is 0.945. The lowest BCUT2D eigenvalue weighted by Crippen LogP contribution is -1.71. The van der Waals surface area contributed by atoms with Gasteiger partial charge in [0.15, 0.2) is 12.0 Å². The molecule has 0 aliphatic heterocycles. The Bertz CT molecular complexity index is 351. The Morgan fingerprint density at radius 2 is 2.30 bits per heavy atom. The van der Waals surface area contributed by atoms with E-state index in [2.05, 4.69) is 11.9 Å². The summed E-state index contributed by atoms with van der Waals surface area (Å²) in [6.45, 7) is 3.79. The quantitative estimate of drug-likeness (QED) is 0.548. The van der Waals surface area contributed by atoms with Gasteiger partial charge in [-0.15, -0.1) is 0 Å². The molecule has 2 rings (SSSR count). The molecule has 0 fully saturated rings. The smallest absolute Gasteiger partial charge is 0.181 e. The minimum absolute atomic E-state index is 0.780. The summed E-state index contributed by atoms with van der Waals surface area (Å²) in [5.41, 5.74) is 2.53. The van der Waals surface area contributed by atoms with Crippen LogP contribution in [-0.4, -0.2) is 4.98 Å². The molecule has 49 valence electrons. The van der Waals surface area contributed by atoms with E-state index in [9.17, 15) is 0 Å². The van der Waals surface area contributed by atoms with Crippen LogP contribution in [0.25, 0.3) is 11.1 Å². The fourth-order valence-electron chi connectivity index (χ4n) is 0.945. The first kappa shape index (κ1) is 5.47. The largest absolute Gasteiger partial charge is 0.443 e. The van der Waals surface area contributed by atoms with Crippen molar-refractivity contribution in [2.24, 2.45) is 0 Å². The van der Waals surface area contributed by atoms with E-state index in [-0.39, 0.29) is 0 Å². The molecule has 10 heavy (non-hydrogen) atoms. The molecule has 0 bridgehead atoms. The lowest BCUT2D eigenvalue weighted by Gasteiger charge is -1.88. The zero-order valence-electron chi connectivity index (χ0n) is 5.37. The molecule has 0 N–H and O–H groups in total. The Balaban J connectivity index is 2.95. The van der Waals surface area contributed by atoms with Crippen molar-refractivity contribution in [2.75, 3.05) is 0 Å². The first-order valence-corrected chi connectivity index (χ1v) is 3.02. The molecule has 0 aliphatic rings. The maximum absolute atomic E-state index is 5.08. The highest BCUT2D eigenvalue weighted by atomic mass is 16.3. The molecule has 0 spiro atoms. The van der Waals surface area contributed by atoms with Crippen LogP contribution in [-0.2, 0) is 0 Å². The molecular formula is C8H6NO. The van der Waals surface area contributed by atoms with Crippen molar-refractivity contribution in [3.8, 4) is 0 Å². The Labute approximate surface area is 58.5 Å². The molecule has 1 aromatic carbocycles. The summed E-state index contributed by atoms with van der Waals surface area (Å²) in [5, 5.41) is 0. The van der Waals surface area contributed by atoms with E-state index in [1.165, 1.54) is 6.39 Å². The minimum atomic E-state index is 0.780. The topological polar surface area (TPSA) is 26.0 Å². The number of para-hydroxylation sites is 1. The van der Waals surface area contributed by atoms with Crippen LogP contribution in [0.5, 0.6) is 0 Å². The number of rotatable bonds is 0. The second kappa shape index (κ2) is 1.84. The zero-order chi connectivity index (χ0) is 6.97. The molecule has 0 atom stereocenters. The lowest BCUT2D eigenvalue weighted by atomic mass is 10.2. The molecular weight excluding hydrogens is 126 g/mol. The first-order chi connectivity index (χ1) is 4.88. The van der Waals surface area contributed by atoms with E-state index in [1.807, 2.05) is 18.2 Å². The van der Waals surface area contributed by atoms with Crippen LogP contribution in [0, 0.1) is 6.92 Å². The molecule has 2 heteroatoms. The summed E-state index contributed by atoms with van der Waals surface area (Å²) in [7, 11) is 0. The van der Waals surface area contributed by atoms with Gasteiger partial charge in [0.05, 0.1) is 0 Å². The maximum Gasteiger partial charge on any atom is 0.181 e. The van der Waals surface area contributed by atoms with Crippen LogP contribution in [0.15, 0.2) is 29.0 Å². The van der Waals surface area contributed by atoms with Gasteiger partial charge in [0, 0.05) is 0 Å². The SMILES string of the molecule is [CH2]c1cccc2ncoc12. The van der Waals surface area contributed by atoms with E-state index in [0.29, 0.717) is 0 Å². The van der Waals surface area contributed by atoms with Crippen LogP contribution >= 0.6 is 0 Å². The van der Waals surface area contributed by atoms with E-state index in [0.717, 1.165) is 16.7 Å². The summed E-state index contributed by atoms with van der Waals surface area (Å²) in [4.78, 5) is 3.97. The van der Waals surface area contributed by atoms with Crippen molar-refractivity contribution in [3.63, 3.8) is 0 Å². The van der Waals surface area contributed by atoms with Gasteiger partial charge >= 0.3 is 0 Å². The average Bonchev–Trinajstić information content (AvgIpc) is 2.36. The number of hydrogen-bond acceptors (Lipinski definition) is 2. The van der Waals surface area contributed by atoms with Crippen molar-refractivity contribution >= 4 is 11.1 Å². The molecule has 2 aromatic rings. The highest BCUT2D eigenvalue weighted by Crippen LogP contribution is 2.15. The molecule has 0 unspecified atom stereocenters. The van der Waals surface area contributed by atoms with Crippen LogP contribution in [0.3, 0.4) is 0 Å². The fraction of sp³-hybridized carbons (Fsp3) is 0. The van der Waals surface area contributed by atoms with Gasteiger partial charge in [0.25, 0.3) is 0 Å². The molecule has 0 saturated heterocycles. The second-order valence-corrected chi connectivity index (χ2v) is 2.12. The van der Waals surface area contributed by atoms with Crippen LogP contribution in [0.4, 0.5) is 0 Å². The van der Waals surface area contributed by atoms with Gasteiger partial charge in [-0.05, 0) is 18.6 Å². The predicted molar refractivity (Wildman–Crippen MR) is 38.5 cm³/mol. The summed E-state index contributed by atoms with van der Waals surface area (Å²) in [5.74, 6) is 0. The number of oxazole rings is 1. The van der Waals surface area contributed by atoms with E-state index in [1.54, 1.807) is 0 Å². The first-order valence-electron chi connectivity index (χ1n) is 3.02. The number of fused-ring (bicyclic) bond motifs is 1. The molecule has 1 radical (unpaired) electrons. The van der Waals surface area contributed by atoms with Gasteiger partial charge in [0.1, 0.15) is 5.52 Å². The average molecular weight is 132 g/mol. The monoisotopic (exact) mass is 132 g/mol. The zero-order valence-corrected chi connectivity index (χ0v) is 5.37. The maximum atomic E-state index is 5.08. The van der Waals surface area contributed by atoms with Crippen LogP contribution in [0.1, 0.15) is 5.56 Å². The van der Waals surface area contributed by atoms with Crippen molar-refractivity contribution in [3.05, 3.63) is 37.1 Å². The van der Waals surface area contributed by atoms with Crippen LogP contribution < -0.4 is 0 Å². The predicted octanol–water partition coefficient (Wildman–Crippen LogP) is 2.01. The third kappa shape index (κ3) is 0.620. The normalized spacial score (nSPS) is 10.5. The van der Waals surface area contributed by atoms with E-state index >= 15 is 0 Å². The Morgan fingerprint density at radius 1 is 1.40 bits per heavy atom. The van der Waals surface area contributed by atoms with Gasteiger partial charge in [-0.2, -0.15) is 0 Å². The molecule has 0 amide bonds. The van der Waals surface area contributed by atoms with E-state index in [4.69, 9.17) is 4.42 Å². The minimum Gasteiger partial charge on any atom is -0.443 e. The van der Waals surface area contributed by atoms with Gasteiger partial charge in [-0.3, -0.25) is 0 Å². The third-order valence-corrected chi connectivity index (χ3v) is 1.44. The summed E-state index contributed by atoms with van der Waals surface area (Å²) < 4.78 is 5.08. The highest BCUT2D eigenvalue weighted by molar-refractivity contribution is 5.76. The summed E-state index contributed by atoms with van der Waals surface area (Å²) in [6.07, 6.45) is 1.43. The van der Waals surface area contributed by atoms with E-state index < -0.39 is 0 Å². The molecule has 0 saturated carbocycles. The molecule has 0 aliphatic carbocycles. The second-order valence-electron chi connectivity index (χ2n) is 2.12. The summed E-state index contributed by atoms with van der Waals surface area (Å²) in [6, 6.07) is 5.70. The summed E-state index contributed by atoms with van der Waals surface area (Å²) >= 11 is 0. The third-order valence-electron chi connectivity index (χ3n) is 1.44. The standard InChI is InChI=1S/C8H6NO/c1-6-3-2-4-7-8(6)10-5-9-7/h2-5H,1H2. The molecule has 1 aromatic heterocycles. The van der Waals surface area contributed by atoms with Crippen molar-refractivity contribution in [1.29, 1.82) is 0 Å². The Kier molecular flexibility index (Phi) is 1.01. The number of benzene rings is 1. The van der Waals surface area contributed by atoms with Crippen LogP contribution in [0.2, 0.25) is 0 Å². The van der Waals surface area contributed by atoms with Gasteiger partial charge in [-0.1, -0.05) is 12.1 Å². The van der Waals surface area contributed by atoms with Gasteiger partial charge in [-0.25, -0.2) is 4.98 Å². The van der Waals surface area contributed by atoms with Crippen molar-refractivity contribution < 1.29 is 4.42 Å². The van der Waals surface area contributed by atoms with Gasteiger partial charge < -0.3 is 4.42 Å². The number of nitrogens with zero attached hydrogens (tertiary/aromatic N) is 1. The Morgan fingerprint density at radius 3 is 3.10 bits per heavy atom. The number of hydrogen-bond donors (Lipinski definition) is 0. The van der Waals surface area contributed by atoms with Gasteiger partial charge in [0.2, 0.25) is 0 Å². The molecule has 2 nitrogen and oxygen atoms in total. The molecule has 1 heterocycles.